The molecule has 0 saturated carbocycles. The summed E-state index contributed by atoms with van der Waals surface area (Å²) >= 11 is 0. The largest absolute Gasteiger partial charge is 0.343 e. The smallest absolute Gasteiger partial charge is 0.137 e. The lowest BCUT2D eigenvalue weighted by atomic mass is 10.0. The van der Waals surface area contributed by atoms with Crippen LogP contribution in [-0.2, 0) is 12.8 Å². The molecule has 3 nitrogen and oxygen atoms in total. The number of aryl methyl sites for hydroxylation is 1. The standard InChI is InChI=1S/C14H19N3/c1-17(2)10-5-3-7-13-12(9-10)11-6-4-8-15-14(11)16-13/h4,6,8,10H,3,5,7,9H2,1-2H3,(H,15,16)/t10-/m0/s1. The van der Waals surface area contributed by atoms with E-state index in [0.29, 0.717) is 6.04 Å². The summed E-state index contributed by atoms with van der Waals surface area (Å²) in [4.78, 5) is 10.3. The molecular formula is C14H19N3. The zero-order valence-electron chi connectivity index (χ0n) is 10.5. The van der Waals surface area contributed by atoms with Crippen molar-refractivity contribution in [2.24, 2.45) is 0 Å². The molecule has 1 N–H and O–H groups in total. The summed E-state index contributed by atoms with van der Waals surface area (Å²) in [6, 6.07) is 4.89. The SMILES string of the molecule is CN(C)[C@H]1CCCc2[nH]c3ncccc3c2C1. The zero-order chi connectivity index (χ0) is 11.8. The first-order valence-corrected chi connectivity index (χ1v) is 6.36. The Bertz CT molecular complexity index is 527. The van der Waals surface area contributed by atoms with Gasteiger partial charge in [-0.2, -0.15) is 0 Å². The molecule has 1 aliphatic rings. The molecule has 0 radical (unpaired) electrons. The zero-order valence-corrected chi connectivity index (χ0v) is 10.5. The van der Waals surface area contributed by atoms with Gasteiger partial charge in [-0.1, -0.05) is 0 Å². The maximum Gasteiger partial charge on any atom is 0.137 e. The van der Waals surface area contributed by atoms with Gasteiger partial charge in [-0.3, -0.25) is 0 Å². The monoisotopic (exact) mass is 229 g/mol. The maximum absolute atomic E-state index is 4.42. The van der Waals surface area contributed by atoms with Crippen molar-refractivity contribution in [1.29, 1.82) is 0 Å². The molecule has 1 aliphatic carbocycles. The first-order chi connectivity index (χ1) is 8.25. The molecule has 0 amide bonds. The minimum absolute atomic E-state index is 0.662. The highest BCUT2D eigenvalue weighted by atomic mass is 15.1. The molecule has 0 aliphatic heterocycles. The Hall–Kier alpha value is -1.35. The summed E-state index contributed by atoms with van der Waals surface area (Å²) in [6.45, 7) is 0. The van der Waals surface area contributed by atoms with Gasteiger partial charge in [0.05, 0.1) is 0 Å². The van der Waals surface area contributed by atoms with Gasteiger partial charge in [-0.05, 0) is 57.5 Å². The van der Waals surface area contributed by atoms with Crippen LogP contribution in [0.5, 0.6) is 0 Å². The molecule has 2 aromatic rings. The number of hydrogen-bond donors (Lipinski definition) is 1. The number of aromatic amines is 1. The predicted molar refractivity (Wildman–Crippen MR) is 70.2 cm³/mol. The number of fused-ring (bicyclic) bond motifs is 3. The van der Waals surface area contributed by atoms with Crippen molar-refractivity contribution in [3.05, 3.63) is 29.6 Å². The van der Waals surface area contributed by atoms with Crippen LogP contribution in [0.15, 0.2) is 18.3 Å². The second kappa shape index (κ2) is 4.15. The lowest BCUT2D eigenvalue weighted by Crippen LogP contribution is -2.29. The summed E-state index contributed by atoms with van der Waals surface area (Å²) in [7, 11) is 4.37. The number of likely N-dealkylation sites (N-methyl/N-ethyl adjacent to an activating group) is 1. The number of nitrogens with zero attached hydrogens (tertiary/aromatic N) is 2. The Morgan fingerprint density at radius 2 is 2.29 bits per heavy atom. The summed E-state index contributed by atoms with van der Waals surface area (Å²) < 4.78 is 0. The number of aromatic nitrogens is 2. The van der Waals surface area contributed by atoms with Crippen LogP contribution in [0.25, 0.3) is 11.0 Å². The van der Waals surface area contributed by atoms with Crippen molar-refractivity contribution in [3.63, 3.8) is 0 Å². The summed E-state index contributed by atoms with van der Waals surface area (Å²) in [6.07, 6.45) is 6.73. The molecule has 2 heterocycles. The molecular weight excluding hydrogens is 210 g/mol. The summed E-state index contributed by atoms with van der Waals surface area (Å²) in [5.41, 5.74) is 3.95. The van der Waals surface area contributed by atoms with Crippen molar-refractivity contribution in [3.8, 4) is 0 Å². The van der Waals surface area contributed by atoms with Crippen molar-refractivity contribution >= 4 is 11.0 Å². The quantitative estimate of drug-likeness (QED) is 0.761. The van der Waals surface area contributed by atoms with Crippen LogP contribution >= 0.6 is 0 Å². The number of rotatable bonds is 1. The fourth-order valence-corrected chi connectivity index (χ4v) is 2.87. The van der Waals surface area contributed by atoms with Crippen LogP contribution in [0.3, 0.4) is 0 Å². The Morgan fingerprint density at radius 3 is 3.12 bits per heavy atom. The Balaban J connectivity index is 2.08. The van der Waals surface area contributed by atoms with Gasteiger partial charge in [0, 0.05) is 23.3 Å². The molecule has 2 aromatic heterocycles. The van der Waals surface area contributed by atoms with E-state index in [4.69, 9.17) is 0 Å². The molecule has 0 spiro atoms. The Kier molecular flexibility index (Phi) is 2.63. The third-order valence-corrected chi connectivity index (χ3v) is 3.90. The van der Waals surface area contributed by atoms with Crippen LogP contribution < -0.4 is 0 Å². The van der Waals surface area contributed by atoms with Gasteiger partial charge in [0.2, 0.25) is 0 Å². The minimum atomic E-state index is 0.662. The highest BCUT2D eigenvalue weighted by molar-refractivity contribution is 5.81. The Labute approximate surface area is 102 Å². The van der Waals surface area contributed by atoms with E-state index in [-0.39, 0.29) is 0 Å². The molecule has 0 fully saturated rings. The van der Waals surface area contributed by atoms with Crippen molar-refractivity contribution < 1.29 is 0 Å². The van der Waals surface area contributed by atoms with E-state index in [1.54, 1.807) is 0 Å². The molecule has 17 heavy (non-hydrogen) atoms. The molecule has 0 saturated heterocycles. The van der Waals surface area contributed by atoms with E-state index in [1.165, 1.54) is 29.5 Å². The van der Waals surface area contributed by atoms with E-state index in [9.17, 15) is 0 Å². The van der Waals surface area contributed by atoms with Crippen LogP contribution in [0.2, 0.25) is 0 Å². The maximum atomic E-state index is 4.42. The first kappa shape index (κ1) is 10.8. The van der Waals surface area contributed by atoms with E-state index >= 15 is 0 Å². The Morgan fingerprint density at radius 1 is 1.41 bits per heavy atom. The molecule has 0 aromatic carbocycles. The fraction of sp³-hybridized carbons (Fsp3) is 0.500. The van der Waals surface area contributed by atoms with Crippen molar-refractivity contribution in [2.75, 3.05) is 14.1 Å². The number of nitrogens with one attached hydrogen (secondary N) is 1. The van der Waals surface area contributed by atoms with Gasteiger partial charge in [0.25, 0.3) is 0 Å². The lowest BCUT2D eigenvalue weighted by molar-refractivity contribution is 0.277. The molecule has 90 valence electrons. The number of H-pyrrole nitrogens is 1. The van der Waals surface area contributed by atoms with Crippen LogP contribution in [0, 0.1) is 0 Å². The highest BCUT2D eigenvalue weighted by Crippen LogP contribution is 2.28. The van der Waals surface area contributed by atoms with Crippen molar-refractivity contribution in [2.45, 2.75) is 31.7 Å². The third kappa shape index (κ3) is 1.84. The number of pyridine rings is 1. The third-order valence-electron chi connectivity index (χ3n) is 3.90. The molecule has 0 unspecified atom stereocenters. The fourth-order valence-electron chi connectivity index (χ4n) is 2.87. The average molecular weight is 229 g/mol. The van der Waals surface area contributed by atoms with E-state index < -0.39 is 0 Å². The van der Waals surface area contributed by atoms with E-state index in [2.05, 4.69) is 35.0 Å². The molecule has 3 rings (SSSR count). The summed E-state index contributed by atoms with van der Waals surface area (Å²) in [5.74, 6) is 0. The molecule has 0 bridgehead atoms. The van der Waals surface area contributed by atoms with Crippen LogP contribution in [0.1, 0.15) is 24.1 Å². The van der Waals surface area contributed by atoms with Gasteiger partial charge in [-0.15, -0.1) is 0 Å². The average Bonchev–Trinajstić information content (AvgIpc) is 2.53. The van der Waals surface area contributed by atoms with E-state index in [0.717, 1.165) is 18.5 Å². The van der Waals surface area contributed by atoms with Gasteiger partial charge >= 0.3 is 0 Å². The number of hydrogen-bond acceptors (Lipinski definition) is 2. The lowest BCUT2D eigenvalue weighted by Gasteiger charge is -2.22. The van der Waals surface area contributed by atoms with Gasteiger partial charge in [-0.25, -0.2) is 4.98 Å². The second-order valence-corrected chi connectivity index (χ2v) is 5.20. The topological polar surface area (TPSA) is 31.9 Å². The van der Waals surface area contributed by atoms with Crippen LogP contribution in [0.4, 0.5) is 0 Å². The van der Waals surface area contributed by atoms with E-state index in [1.807, 2.05) is 12.3 Å². The first-order valence-electron chi connectivity index (χ1n) is 6.36. The van der Waals surface area contributed by atoms with Gasteiger partial charge < -0.3 is 9.88 Å². The minimum Gasteiger partial charge on any atom is -0.343 e. The normalized spacial score (nSPS) is 20.5. The van der Waals surface area contributed by atoms with Crippen LogP contribution in [-0.4, -0.2) is 35.0 Å². The summed E-state index contributed by atoms with van der Waals surface area (Å²) in [5, 5.41) is 1.32. The van der Waals surface area contributed by atoms with Gasteiger partial charge in [0.1, 0.15) is 5.65 Å². The highest BCUT2D eigenvalue weighted by Gasteiger charge is 2.21. The second-order valence-electron chi connectivity index (χ2n) is 5.20. The van der Waals surface area contributed by atoms with Gasteiger partial charge in [0.15, 0.2) is 0 Å². The molecule has 3 heteroatoms. The molecule has 1 atom stereocenters. The van der Waals surface area contributed by atoms with Crippen molar-refractivity contribution in [1.82, 2.24) is 14.9 Å². The predicted octanol–water partition coefficient (Wildman–Crippen LogP) is 2.37.